The molecule has 0 spiro atoms. The number of rotatable bonds is 5. The highest BCUT2D eigenvalue weighted by Gasteiger charge is 2.24. The third-order valence-corrected chi connectivity index (χ3v) is 5.60. The van der Waals surface area contributed by atoms with E-state index in [1.165, 1.54) is 16.0 Å². The van der Waals surface area contributed by atoms with Crippen LogP contribution in [-0.2, 0) is 12.8 Å². The molecule has 4 nitrogen and oxygen atoms in total. The van der Waals surface area contributed by atoms with Crippen molar-refractivity contribution < 1.29 is 9.90 Å². The van der Waals surface area contributed by atoms with Crippen LogP contribution in [0.15, 0.2) is 18.2 Å². The first-order valence-electron chi connectivity index (χ1n) is 8.31. The highest BCUT2D eigenvalue weighted by atomic mass is 32.1. The largest absolute Gasteiger partial charge is 0.477 e. The van der Waals surface area contributed by atoms with Gasteiger partial charge in [0.2, 0.25) is 0 Å². The summed E-state index contributed by atoms with van der Waals surface area (Å²) in [5.41, 5.74) is 5.48. The summed E-state index contributed by atoms with van der Waals surface area (Å²) in [6.07, 6.45) is 2.42. The Morgan fingerprint density at radius 2 is 2.00 bits per heavy atom. The summed E-state index contributed by atoms with van der Waals surface area (Å²) < 4.78 is 1.85. The third kappa shape index (κ3) is 2.63. The summed E-state index contributed by atoms with van der Waals surface area (Å²) in [6.45, 7) is 8.31. The first kappa shape index (κ1) is 16.7. The fraction of sp³-hybridized carbons (Fsp3) is 0.368. The molecule has 0 aliphatic carbocycles. The molecule has 5 heteroatoms. The second-order valence-corrected chi connectivity index (χ2v) is 7.17. The van der Waals surface area contributed by atoms with E-state index in [9.17, 15) is 9.90 Å². The number of fused-ring (bicyclic) bond motifs is 1. The first-order valence-corrected chi connectivity index (χ1v) is 9.13. The number of hydrogen-bond donors (Lipinski definition) is 1. The Bertz CT molecular complexity index is 921. The van der Waals surface area contributed by atoms with Gasteiger partial charge in [-0.05, 0) is 49.4 Å². The summed E-state index contributed by atoms with van der Waals surface area (Å²) in [5, 5.41) is 9.78. The SMILES string of the molecule is CCCc1nc2sc(CC)c(-c3ccc(C)c(C)c3)n2c1C(=O)O. The van der Waals surface area contributed by atoms with Crippen molar-refractivity contribution in [3.05, 3.63) is 45.6 Å². The van der Waals surface area contributed by atoms with Gasteiger partial charge in [0.1, 0.15) is 0 Å². The third-order valence-electron chi connectivity index (χ3n) is 4.41. The molecule has 0 saturated carbocycles. The fourth-order valence-electron chi connectivity index (χ4n) is 3.05. The number of aromatic carboxylic acids is 1. The zero-order valence-electron chi connectivity index (χ0n) is 14.5. The quantitative estimate of drug-likeness (QED) is 0.718. The fourth-order valence-corrected chi connectivity index (χ4v) is 4.15. The van der Waals surface area contributed by atoms with Gasteiger partial charge in [0.25, 0.3) is 0 Å². The molecule has 0 radical (unpaired) electrons. The number of carbonyl (C=O) groups is 1. The number of imidazole rings is 1. The lowest BCUT2D eigenvalue weighted by Crippen LogP contribution is -2.07. The number of nitrogens with zero attached hydrogens (tertiary/aromatic N) is 2. The number of aromatic nitrogens is 2. The zero-order chi connectivity index (χ0) is 17.4. The van der Waals surface area contributed by atoms with Crippen LogP contribution >= 0.6 is 11.3 Å². The molecular weight excluding hydrogens is 320 g/mol. The smallest absolute Gasteiger partial charge is 0.354 e. The van der Waals surface area contributed by atoms with Crippen LogP contribution in [0, 0.1) is 13.8 Å². The van der Waals surface area contributed by atoms with Gasteiger partial charge < -0.3 is 5.11 Å². The second-order valence-electron chi connectivity index (χ2n) is 6.11. The average molecular weight is 342 g/mol. The van der Waals surface area contributed by atoms with Crippen molar-refractivity contribution >= 4 is 22.3 Å². The van der Waals surface area contributed by atoms with Crippen molar-refractivity contribution in [2.45, 2.75) is 47.0 Å². The summed E-state index contributed by atoms with van der Waals surface area (Å²) in [6, 6.07) is 6.31. The molecule has 0 unspecified atom stereocenters. The molecule has 2 heterocycles. The van der Waals surface area contributed by atoms with Crippen LogP contribution in [0.3, 0.4) is 0 Å². The molecule has 24 heavy (non-hydrogen) atoms. The van der Waals surface area contributed by atoms with Gasteiger partial charge in [-0.2, -0.15) is 0 Å². The normalized spacial score (nSPS) is 11.3. The average Bonchev–Trinajstić information content (AvgIpc) is 3.05. The summed E-state index contributed by atoms with van der Waals surface area (Å²) in [7, 11) is 0. The molecule has 0 aliphatic heterocycles. The number of hydrogen-bond acceptors (Lipinski definition) is 3. The van der Waals surface area contributed by atoms with Gasteiger partial charge in [-0.3, -0.25) is 4.40 Å². The molecule has 1 N–H and O–H groups in total. The summed E-state index contributed by atoms with van der Waals surface area (Å²) in [5.74, 6) is -0.906. The van der Waals surface area contributed by atoms with Crippen LogP contribution in [0.4, 0.5) is 0 Å². The lowest BCUT2D eigenvalue weighted by molar-refractivity contribution is 0.0688. The van der Waals surface area contributed by atoms with Crippen LogP contribution in [0.25, 0.3) is 16.2 Å². The van der Waals surface area contributed by atoms with Gasteiger partial charge in [-0.15, -0.1) is 11.3 Å². The van der Waals surface area contributed by atoms with Crippen molar-refractivity contribution in [1.29, 1.82) is 0 Å². The Morgan fingerprint density at radius 3 is 2.58 bits per heavy atom. The number of carboxylic acids is 1. The predicted molar refractivity (Wildman–Crippen MR) is 98.3 cm³/mol. The lowest BCUT2D eigenvalue weighted by atomic mass is 10.0. The van der Waals surface area contributed by atoms with Crippen LogP contribution < -0.4 is 0 Å². The van der Waals surface area contributed by atoms with Crippen molar-refractivity contribution in [2.24, 2.45) is 0 Å². The van der Waals surface area contributed by atoms with Crippen LogP contribution in [-0.4, -0.2) is 20.5 Å². The maximum Gasteiger partial charge on any atom is 0.354 e. The molecule has 1 aromatic carbocycles. The minimum absolute atomic E-state index is 0.316. The van der Waals surface area contributed by atoms with Crippen LogP contribution in [0.5, 0.6) is 0 Å². The molecular formula is C19H22N2O2S. The molecule has 126 valence electrons. The molecule has 2 aromatic heterocycles. The Morgan fingerprint density at radius 1 is 1.25 bits per heavy atom. The number of aryl methyl sites for hydroxylation is 4. The first-order chi connectivity index (χ1) is 11.5. The van der Waals surface area contributed by atoms with E-state index < -0.39 is 5.97 Å². The van der Waals surface area contributed by atoms with Crippen molar-refractivity contribution in [1.82, 2.24) is 9.38 Å². The Hall–Kier alpha value is -2.14. The van der Waals surface area contributed by atoms with Gasteiger partial charge in [-0.1, -0.05) is 32.4 Å². The van der Waals surface area contributed by atoms with Gasteiger partial charge in [-0.25, -0.2) is 9.78 Å². The molecule has 0 saturated heterocycles. The molecule has 0 bridgehead atoms. The van der Waals surface area contributed by atoms with Crippen molar-refractivity contribution in [3.63, 3.8) is 0 Å². The Kier molecular flexibility index (Phi) is 4.45. The molecule has 0 atom stereocenters. The van der Waals surface area contributed by atoms with E-state index in [0.29, 0.717) is 17.8 Å². The van der Waals surface area contributed by atoms with Gasteiger partial charge in [0.15, 0.2) is 10.7 Å². The van der Waals surface area contributed by atoms with E-state index >= 15 is 0 Å². The topological polar surface area (TPSA) is 54.6 Å². The minimum atomic E-state index is -0.906. The maximum atomic E-state index is 11.9. The molecule has 3 aromatic rings. The molecule has 0 aliphatic rings. The van der Waals surface area contributed by atoms with Crippen LogP contribution in [0.1, 0.15) is 52.5 Å². The standard InChI is InChI=1S/C19H22N2O2S/c1-5-7-14-17(18(22)23)21-16(15(6-2)24-19(21)20-14)13-9-8-11(3)12(4)10-13/h8-10H,5-7H2,1-4H3,(H,22,23). The monoisotopic (exact) mass is 342 g/mol. The number of carboxylic acid groups (broad SMARTS) is 1. The highest BCUT2D eigenvalue weighted by molar-refractivity contribution is 7.17. The van der Waals surface area contributed by atoms with E-state index in [2.05, 4.69) is 44.0 Å². The van der Waals surface area contributed by atoms with Gasteiger partial charge in [0, 0.05) is 4.88 Å². The predicted octanol–water partition coefficient (Wildman–Crippen LogP) is 4.89. The van der Waals surface area contributed by atoms with Crippen molar-refractivity contribution in [2.75, 3.05) is 0 Å². The minimum Gasteiger partial charge on any atom is -0.477 e. The molecule has 3 rings (SSSR count). The highest BCUT2D eigenvalue weighted by Crippen LogP contribution is 2.35. The lowest BCUT2D eigenvalue weighted by Gasteiger charge is -2.09. The second kappa shape index (κ2) is 6.40. The van der Waals surface area contributed by atoms with E-state index in [-0.39, 0.29) is 0 Å². The Labute approximate surface area is 145 Å². The van der Waals surface area contributed by atoms with E-state index in [0.717, 1.165) is 29.1 Å². The molecule has 0 amide bonds. The maximum absolute atomic E-state index is 11.9. The summed E-state index contributed by atoms with van der Waals surface area (Å²) in [4.78, 5) is 18.5. The zero-order valence-corrected chi connectivity index (χ0v) is 15.3. The summed E-state index contributed by atoms with van der Waals surface area (Å²) >= 11 is 1.60. The number of thiazole rings is 1. The van der Waals surface area contributed by atoms with E-state index in [4.69, 9.17) is 0 Å². The van der Waals surface area contributed by atoms with Crippen molar-refractivity contribution in [3.8, 4) is 11.3 Å². The van der Waals surface area contributed by atoms with Gasteiger partial charge in [0.05, 0.1) is 11.4 Å². The van der Waals surface area contributed by atoms with E-state index in [1.54, 1.807) is 11.3 Å². The van der Waals surface area contributed by atoms with E-state index in [1.807, 2.05) is 11.3 Å². The number of benzene rings is 1. The van der Waals surface area contributed by atoms with Gasteiger partial charge >= 0.3 is 5.97 Å². The Balaban J connectivity index is 2.35. The molecule has 0 fully saturated rings. The van der Waals surface area contributed by atoms with Crippen LogP contribution in [0.2, 0.25) is 0 Å².